The number of halogens is 1. The Bertz CT molecular complexity index is 1170. The molecule has 1 aliphatic heterocycles. The Hall–Kier alpha value is -2.34. The maximum atomic E-state index is 6.79. The van der Waals surface area contributed by atoms with E-state index in [0.29, 0.717) is 30.6 Å². The number of aromatic nitrogens is 3. The van der Waals surface area contributed by atoms with Crippen LogP contribution in [0.25, 0.3) is 22.3 Å². The molecule has 3 aromatic rings. The lowest BCUT2D eigenvalue weighted by atomic mass is 9.66. The highest BCUT2D eigenvalue weighted by atomic mass is 35.5. The topological polar surface area (TPSA) is 57.1 Å². The second kappa shape index (κ2) is 8.22. The number of fused-ring (bicyclic) bond motifs is 1. The molecule has 1 aromatic carbocycles. The molecule has 1 spiro atoms. The van der Waals surface area contributed by atoms with Crippen LogP contribution in [0.1, 0.15) is 44.4 Å². The fraction of sp³-hybridized carbons (Fsp3) is 0.423. The van der Waals surface area contributed by atoms with Gasteiger partial charge in [-0.1, -0.05) is 49.7 Å². The van der Waals surface area contributed by atoms with Crippen LogP contribution < -0.4 is 0 Å². The lowest BCUT2D eigenvalue weighted by Crippen LogP contribution is -2.47. The van der Waals surface area contributed by atoms with Gasteiger partial charge in [-0.2, -0.15) is 0 Å². The molecule has 2 atom stereocenters. The van der Waals surface area contributed by atoms with E-state index in [-0.39, 0.29) is 11.3 Å². The minimum atomic E-state index is -0.459. The summed E-state index contributed by atoms with van der Waals surface area (Å²) in [6, 6.07) is 10.0. The van der Waals surface area contributed by atoms with Crippen molar-refractivity contribution in [2.24, 2.45) is 5.92 Å². The van der Waals surface area contributed by atoms with Crippen molar-refractivity contribution in [3.05, 3.63) is 65.6 Å². The number of benzene rings is 1. The number of rotatable bonds is 4. The van der Waals surface area contributed by atoms with Crippen molar-refractivity contribution < 1.29 is 9.47 Å². The molecule has 2 aliphatic rings. The second-order valence-electron chi connectivity index (χ2n) is 9.21. The van der Waals surface area contributed by atoms with Crippen LogP contribution in [0.3, 0.4) is 0 Å². The summed E-state index contributed by atoms with van der Waals surface area (Å²) in [5, 5.41) is 1.51. The number of hydrogen-bond donors (Lipinski definition) is 0. The van der Waals surface area contributed by atoms with Crippen LogP contribution in [0.15, 0.2) is 49.2 Å². The highest BCUT2D eigenvalue weighted by molar-refractivity contribution is 6.30. The monoisotopic (exact) mass is 449 g/mol. The van der Waals surface area contributed by atoms with Gasteiger partial charge >= 0.3 is 0 Å². The van der Waals surface area contributed by atoms with Crippen molar-refractivity contribution in [2.45, 2.75) is 50.7 Å². The molecule has 2 aromatic heterocycles. The first-order valence-electron chi connectivity index (χ1n) is 11.3. The molecule has 5 nitrogen and oxygen atoms in total. The highest BCUT2D eigenvalue weighted by Gasteiger charge is 2.51. The zero-order valence-corrected chi connectivity index (χ0v) is 19.4. The zero-order valence-electron chi connectivity index (χ0n) is 18.6. The van der Waals surface area contributed by atoms with Gasteiger partial charge < -0.3 is 9.47 Å². The van der Waals surface area contributed by atoms with E-state index in [1.807, 2.05) is 30.3 Å². The van der Waals surface area contributed by atoms with Crippen molar-refractivity contribution >= 4 is 22.5 Å². The minimum Gasteiger partial charge on any atom is -0.347 e. The van der Waals surface area contributed by atoms with Crippen molar-refractivity contribution in [3.63, 3.8) is 0 Å². The van der Waals surface area contributed by atoms with Crippen LogP contribution in [0, 0.1) is 5.92 Å². The summed E-state index contributed by atoms with van der Waals surface area (Å²) >= 11 is 6.79. The predicted octanol–water partition coefficient (Wildman–Crippen LogP) is 5.89. The van der Waals surface area contributed by atoms with Gasteiger partial charge in [-0.05, 0) is 31.4 Å². The van der Waals surface area contributed by atoms with Crippen molar-refractivity contribution in [1.82, 2.24) is 15.0 Å². The molecule has 0 radical (unpaired) electrons. The fourth-order valence-corrected chi connectivity index (χ4v) is 5.68. The van der Waals surface area contributed by atoms with E-state index in [2.05, 4.69) is 31.5 Å². The standard InChI is InChI=1S/C26H28ClN3O2/c1-4-7-20-22(25(3)11-12-26(17(2)16-25)31-14-15-32-26)29-24(30-23(20)27)19-10-13-28-21-9-6-5-8-18(19)21/h4-6,8-10,13,17H,1,7,11-12,14-16H2,2-3H3/t17-,25-/m1/s1. The molecular weight excluding hydrogens is 422 g/mol. The van der Waals surface area contributed by atoms with E-state index in [0.717, 1.165) is 47.0 Å². The Kier molecular flexibility index (Phi) is 5.52. The van der Waals surface area contributed by atoms with Crippen LogP contribution in [-0.4, -0.2) is 34.0 Å². The smallest absolute Gasteiger partial charge is 0.171 e. The van der Waals surface area contributed by atoms with Gasteiger partial charge in [-0.15, -0.1) is 6.58 Å². The lowest BCUT2D eigenvalue weighted by molar-refractivity contribution is -0.216. The SMILES string of the molecule is C=CCc1c(Cl)nc(-c2ccnc3ccccc23)nc1[C@]1(C)CCC2(OCCO2)[C@H](C)C1. The number of allylic oxidation sites excluding steroid dienone is 1. The molecule has 0 unspecified atom stereocenters. The minimum absolute atomic E-state index is 0.164. The van der Waals surface area contributed by atoms with Crippen LogP contribution >= 0.6 is 11.6 Å². The first-order valence-corrected chi connectivity index (χ1v) is 11.6. The van der Waals surface area contributed by atoms with Crippen LogP contribution in [-0.2, 0) is 21.3 Å². The molecule has 5 rings (SSSR count). The average Bonchev–Trinajstić information content (AvgIpc) is 3.28. The third kappa shape index (κ3) is 3.53. The van der Waals surface area contributed by atoms with E-state index in [1.165, 1.54) is 0 Å². The molecule has 0 bridgehead atoms. The normalized spacial score (nSPS) is 24.8. The molecule has 6 heteroatoms. The molecule has 3 heterocycles. The van der Waals surface area contributed by atoms with Crippen molar-refractivity contribution in [3.8, 4) is 11.4 Å². The van der Waals surface area contributed by atoms with Gasteiger partial charge in [0.25, 0.3) is 0 Å². The molecule has 0 N–H and O–H groups in total. The van der Waals surface area contributed by atoms with Crippen LogP contribution in [0.5, 0.6) is 0 Å². The molecule has 1 aliphatic carbocycles. The van der Waals surface area contributed by atoms with Gasteiger partial charge in [0.2, 0.25) is 0 Å². The first kappa shape index (κ1) is 21.5. The Morgan fingerprint density at radius 3 is 2.69 bits per heavy atom. The summed E-state index contributed by atoms with van der Waals surface area (Å²) in [6.45, 7) is 9.77. The summed E-state index contributed by atoms with van der Waals surface area (Å²) in [5.74, 6) is 0.428. The highest BCUT2D eigenvalue weighted by Crippen LogP contribution is 2.50. The summed E-state index contributed by atoms with van der Waals surface area (Å²) < 4.78 is 12.1. The van der Waals surface area contributed by atoms with E-state index in [1.54, 1.807) is 6.20 Å². The Balaban J connectivity index is 1.63. The number of nitrogens with zero attached hydrogens (tertiary/aromatic N) is 3. The number of hydrogen-bond acceptors (Lipinski definition) is 5. The van der Waals surface area contributed by atoms with E-state index >= 15 is 0 Å². The summed E-state index contributed by atoms with van der Waals surface area (Å²) in [7, 11) is 0. The third-order valence-corrected chi connectivity index (χ3v) is 7.39. The molecule has 1 saturated carbocycles. The number of para-hydroxylation sites is 1. The second-order valence-corrected chi connectivity index (χ2v) is 9.57. The Morgan fingerprint density at radius 1 is 1.16 bits per heavy atom. The Labute approximate surface area is 193 Å². The van der Waals surface area contributed by atoms with Crippen molar-refractivity contribution in [2.75, 3.05) is 13.2 Å². The molecule has 1 saturated heterocycles. The number of pyridine rings is 1. The van der Waals surface area contributed by atoms with Gasteiger partial charge in [-0.3, -0.25) is 4.98 Å². The molecule has 166 valence electrons. The fourth-order valence-electron chi connectivity index (χ4n) is 5.44. The van der Waals surface area contributed by atoms with Gasteiger partial charge in [0.1, 0.15) is 5.15 Å². The maximum absolute atomic E-state index is 6.79. The molecule has 2 fully saturated rings. The summed E-state index contributed by atoms with van der Waals surface area (Å²) in [6.07, 6.45) is 6.96. The summed E-state index contributed by atoms with van der Waals surface area (Å²) in [4.78, 5) is 14.4. The quantitative estimate of drug-likeness (QED) is 0.367. The zero-order chi connectivity index (χ0) is 22.3. The number of ether oxygens (including phenoxy) is 2. The maximum Gasteiger partial charge on any atom is 0.171 e. The van der Waals surface area contributed by atoms with Gasteiger partial charge in [0, 0.05) is 40.5 Å². The van der Waals surface area contributed by atoms with Crippen molar-refractivity contribution in [1.29, 1.82) is 0 Å². The Morgan fingerprint density at radius 2 is 1.94 bits per heavy atom. The summed E-state index contributed by atoms with van der Waals surface area (Å²) in [5.41, 5.74) is 3.66. The molecule has 0 amide bonds. The largest absolute Gasteiger partial charge is 0.347 e. The van der Waals surface area contributed by atoms with Crippen LogP contribution in [0.4, 0.5) is 0 Å². The van der Waals surface area contributed by atoms with Gasteiger partial charge in [-0.25, -0.2) is 9.97 Å². The van der Waals surface area contributed by atoms with Gasteiger partial charge in [0.15, 0.2) is 11.6 Å². The molecule has 32 heavy (non-hydrogen) atoms. The molecular formula is C26H28ClN3O2. The van der Waals surface area contributed by atoms with E-state index < -0.39 is 5.79 Å². The van der Waals surface area contributed by atoms with Crippen LogP contribution in [0.2, 0.25) is 5.15 Å². The lowest BCUT2D eigenvalue weighted by Gasteiger charge is -2.46. The predicted molar refractivity (Wildman–Crippen MR) is 127 cm³/mol. The third-order valence-electron chi connectivity index (χ3n) is 7.08. The first-order chi connectivity index (χ1) is 15.5. The van der Waals surface area contributed by atoms with E-state index in [4.69, 9.17) is 31.0 Å². The van der Waals surface area contributed by atoms with Gasteiger partial charge in [0.05, 0.1) is 24.4 Å². The average molecular weight is 450 g/mol. The van der Waals surface area contributed by atoms with E-state index in [9.17, 15) is 0 Å².